The van der Waals surface area contributed by atoms with Crippen LogP contribution in [0.15, 0.2) is 35.3 Å². The predicted molar refractivity (Wildman–Crippen MR) is 105 cm³/mol. The van der Waals surface area contributed by atoms with Crippen LogP contribution in [0.3, 0.4) is 0 Å². The van der Waals surface area contributed by atoms with Crippen LogP contribution in [0.1, 0.15) is 18.4 Å². The average molecular weight is 433 g/mol. The van der Waals surface area contributed by atoms with Crippen molar-refractivity contribution >= 4 is 29.9 Å². The van der Waals surface area contributed by atoms with E-state index >= 15 is 0 Å². The van der Waals surface area contributed by atoms with Crippen molar-refractivity contribution in [2.75, 3.05) is 40.0 Å². The third kappa shape index (κ3) is 8.53. The van der Waals surface area contributed by atoms with Crippen LogP contribution in [0.5, 0.6) is 0 Å². The van der Waals surface area contributed by atoms with Gasteiger partial charge >= 0.3 is 0 Å². The summed E-state index contributed by atoms with van der Waals surface area (Å²) in [7, 11) is 1.80. The van der Waals surface area contributed by atoms with Gasteiger partial charge in [0.05, 0.1) is 12.7 Å². The van der Waals surface area contributed by atoms with E-state index in [1.54, 1.807) is 7.05 Å². The van der Waals surface area contributed by atoms with Gasteiger partial charge in [-0.3, -0.25) is 4.99 Å². The zero-order chi connectivity index (χ0) is 15.5. The highest BCUT2D eigenvalue weighted by Crippen LogP contribution is 2.07. The Bertz CT molecular complexity index is 437. The molecule has 1 aromatic carbocycles. The third-order valence-electron chi connectivity index (χ3n) is 3.63. The molecule has 0 aromatic heterocycles. The molecule has 0 radical (unpaired) electrons. The second-order valence-electron chi connectivity index (χ2n) is 5.37. The first-order valence-electron chi connectivity index (χ1n) is 8.06. The van der Waals surface area contributed by atoms with Crippen molar-refractivity contribution in [3.63, 3.8) is 0 Å². The SMILES string of the molecule is CN=C(NCCCOC1CCOC1)NCCc1ccccc1.I. The second kappa shape index (κ2) is 12.5. The zero-order valence-electron chi connectivity index (χ0n) is 13.8. The topological polar surface area (TPSA) is 54.9 Å². The molecule has 1 aliphatic rings. The first-order valence-corrected chi connectivity index (χ1v) is 8.06. The number of ether oxygens (including phenoxy) is 2. The van der Waals surface area contributed by atoms with E-state index in [0.29, 0.717) is 6.10 Å². The molecule has 6 heteroatoms. The third-order valence-corrected chi connectivity index (χ3v) is 3.63. The summed E-state index contributed by atoms with van der Waals surface area (Å²) in [6.07, 6.45) is 3.28. The minimum atomic E-state index is 0. The highest BCUT2D eigenvalue weighted by atomic mass is 127. The van der Waals surface area contributed by atoms with Crippen LogP contribution >= 0.6 is 24.0 Å². The first-order chi connectivity index (χ1) is 10.9. The van der Waals surface area contributed by atoms with E-state index in [2.05, 4.69) is 39.9 Å². The molecule has 0 saturated carbocycles. The molecule has 1 fully saturated rings. The molecular formula is C17H28IN3O2. The van der Waals surface area contributed by atoms with Crippen molar-refractivity contribution in [3.05, 3.63) is 35.9 Å². The number of hydrogen-bond acceptors (Lipinski definition) is 3. The molecule has 1 heterocycles. The number of benzene rings is 1. The number of aliphatic imine (C=N–C) groups is 1. The van der Waals surface area contributed by atoms with E-state index in [9.17, 15) is 0 Å². The highest BCUT2D eigenvalue weighted by molar-refractivity contribution is 14.0. The summed E-state index contributed by atoms with van der Waals surface area (Å²) in [6, 6.07) is 10.5. The Morgan fingerprint density at radius 3 is 2.74 bits per heavy atom. The Balaban J connectivity index is 0.00000264. The molecule has 5 nitrogen and oxygen atoms in total. The van der Waals surface area contributed by atoms with E-state index in [-0.39, 0.29) is 24.0 Å². The number of halogens is 1. The largest absolute Gasteiger partial charge is 0.379 e. The molecule has 2 N–H and O–H groups in total. The fourth-order valence-corrected chi connectivity index (χ4v) is 2.36. The Hall–Kier alpha value is -0.860. The number of guanidine groups is 1. The average Bonchev–Trinajstić information content (AvgIpc) is 3.07. The number of rotatable bonds is 8. The molecule has 0 spiro atoms. The maximum Gasteiger partial charge on any atom is 0.190 e. The van der Waals surface area contributed by atoms with Crippen molar-refractivity contribution in [2.45, 2.75) is 25.4 Å². The molecule has 0 bridgehead atoms. The van der Waals surface area contributed by atoms with E-state index in [1.165, 1.54) is 5.56 Å². The predicted octanol–water partition coefficient (Wildman–Crippen LogP) is 2.21. The molecule has 2 rings (SSSR count). The van der Waals surface area contributed by atoms with Crippen molar-refractivity contribution in [1.29, 1.82) is 0 Å². The first kappa shape index (κ1) is 20.2. The second-order valence-corrected chi connectivity index (χ2v) is 5.37. The minimum absolute atomic E-state index is 0. The lowest BCUT2D eigenvalue weighted by Crippen LogP contribution is -2.39. The van der Waals surface area contributed by atoms with Gasteiger partial charge in [-0.15, -0.1) is 24.0 Å². The van der Waals surface area contributed by atoms with Gasteiger partial charge in [-0.2, -0.15) is 0 Å². The van der Waals surface area contributed by atoms with E-state index in [1.807, 2.05) is 6.07 Å². The van der Waals surface area contributed by atoms with Crippen LogP contribution < -0.4 is 10.6 Å². The molecule has 1 saturated heterocycles. The van der Waals surface area contributed by atoms with Gasteiger partial charge in [0.25, 0.3) is 0 Å². The number of hydrogen-bond donors (Lipinski definition) is 2. The number of nitrogens with one attached hydrogen (secondary N) is 2. The van der Waals surface area contributed by atoms with Crippen molar-refractivity contribution in [3.8, 4) is 0 Å². The maximum absolute atomic E-state index is 5.73. The maximum atomic E-state index is 5.73. The summed E-state index contributed by atoms with van der Waals surface area (Å²) in [5, 5.41) is 6.64. The van der Waals surface area contributed by atoms with Gasteiger partial charge in [-0.1, -0.05) is 30.3 Å². The summed E-state index contributed by atoms with van der Waals surface area (Å²) in [6.45, 7) is 4.08. The summed E-state index contributed by atoms with van der Waals surface area (Å²) < 4.78 is 11.0. The Labute approximate surface area is 156 Å². The molecular weight excluding hydrogens is 405 g/mol. The molecule has 1 aliphatic heterocycles. The van der Waals surface area contributed by atoms with Crippen molar-refractivity contribution in [1.82, 2.24) is 10.6 Å². The fraction of sp³-hybridized carbons (Fsp3) is 0.588. The van der Waals surface area contributed by atoms with Crippen LogP contribution in [0.25, 0.3) is 0 Å². The lowest BCUT2D eigenvalue weighted by molar-refractivity contribution is 0.0420. The zero-order valence-corrected chi connectivity index (χ0v) is 16.1. The lowest BCUT2D eigenvalue weighted by atomic mass is 10.1. The summed E-state index contributed by atoms with van der Waals surface area (Å²) in [5.74, 6) is 0.847. The van der Waals surface area contributed by atoms with Crippen LogP contribution in [0.4, 0.5) is 0 Å². The van der Waals surface area contributed by atoms with Crippen LogP contribution in [0, 0.1) is 0 Å². The van der Waals surface area contributed by atoms with Gasteiger partial charge in [0.15, 0.2) is 5.96 Å². The van der Waals surface area contributed by atoms with Gasteiger partial charge in [-0.05, 0) is 24.8 Å². The van der Waals surface area contributed by atoms with Crippen LogP contribution in [-0.4, -0.2) is 52.0 Å². The smallest absolute Gasteiger partial charge is 0.190 e. The van der Waals surface area contributed by atoms with Gasteiger partial charge in [0.2, 0.25) is 0 Å². The standard InChI is InChI=1S/C17H27N3O2.HI/c1-18-17(20-11-8-15-6-3-2-4-7-15)19-10-5-12-22-16-9-13-21-14-16;/h2-4,6-7,16H,5,8-14H2,1H3,(H2,18,19,20);1H. The summed E-state index contributed by atoms with van der Waals surface area (Å²) >= 11 is 0. The minimum Gasteiger partial charge on any atom is -0.379 e. The van der Waals surface area contributed by atoms with E-state index in [4.69, 9.17) is 9.47 Å². The van der Waals surface area contributed by atoms with Crippen molar-refractivity contribution < 1.29 is 9.47 Å². The quantitative estimate of drug-likeness (QED) is 0.286. The summed E-state index contributed by atoms with van der Waals surface area (Å²) in [5.41, 5.74) is 1.33. The Morgan fingerprint density at radius 1 is 1.26 bits per heavy atom. The van der Waals surface area contributed by atoms with Crippen LogP contribution in [-0.2, 0) is 15.9 Å². The van der Waals surface area contributed by atoms with Gasteiger partial charge in [-0.25, -0.2) is 0 Å². The molecule has 130 valence electrons. The normalized spacial score (nSPS) is 17.6. The molecule has 0 amide bonds. The van der Waals surface area contributed by atoms with E-state index < -0.39 is 0 Å². The van der Waals surface area contributed by atoms with Crippen molar-refractivity contribution in [2.24, 2.45) is 4.99 Å². The van der Waals surface area contributed by atoms with Gasteiger partial charge in [0, 0.05) is 33.4 Å². The fourth-order valence-electron chi connectivity index (χ4n) is 2.36. The Kier molecular flexibility index (Phi) is 11.0. The molecule has 1 aromatic rings. The monoisotopic (exact) mass is 433 g/mol. The highest BCUT2D eigenvalue weighted by Gasteiger charge is 2.15. The summed E-state index contributed by atoms with van der Waals surface area (Å²) in [4.78, 5) is 4.23. The molecule has 1 atom stereocenters. The van der Waals surface area contributed by atoms with E-state index in [0.717, 1.165) is 58.1 Å². The Morgan fingerprint density at radius 2 is 2.04 bits per heavy atom. The molecule has 23 heavy (non-hydrogen) atoms. The van der Waals surface area contributed by atoms with Gasteiger partial charge in [0.1, 0.15) is 0 Å². The lowest BCUT2D eigenvalue weighted by Gasteiger charge is -2.13. The van der Waals surface area contributed by atoms with Crippen LogP contribution in [0.2, 0.25) is 0 Å². The number of nitrogens with zero attached hydrogens (tertiary/aromatic N) is 1. The van der Waals surface area contributed by atoms with Gasteiger partial charge < -0.3 is 20.1 Å². The molecule has 0 aliphatic carbocycles. The molecule has 1 unspecified atom stereocenters.